The summed E-state index contributed by atoms with van der Waals surface area (Å²) in [4.78, 5) is 0. The molecule has 0 heterocycles. The monoisotopic (exact) mass is 273 g/mol. The number of hydrogen-bond donors (Lipinski definition) is 1. The van der Waals surface area contributed by atoms with Gasteiger partial charge in [0.05, 0.1) is 0 Å². The summed E-state index contributed by atoms with van der Waals surface area (Å²) in [6.45, 7) is 7.69. The second-order valence-corrected chi connectivity index (χ2v) is 6.70. The first kappa shape index (κ1) is 14.7. The molecule has 1 N–H and O–H groups in total. The molecule has 0 aliphatic carbocycles. The topological polar surface area (TPSA) is 29.1 Å². The van der Waals surface area contributed by atoms with Crippen molar-refractivity contribution in [1.29, 1.82) is 0 Å². The number of halogens is 1. The maximum atomic E-state index is 11.2. The van der Waals surface area contributed by atoms with Crippen LogP contribution in [0, 0.1) is 13.8 Å². The molecule has 17 heavy (non-hydrogen) atoms. The van der Waals surface area contributed by atoms with Crippen LogP contribution in [0.1, 0.15) is 23.6 Å². The van der Waals surface area contributed by atoms with Gasteiger partial charge in [-0.15, -0.1) is 0 Å². The van der Waals surface area contributed by atoms with Gasteiger partial charge in [-0.25, -0.2) is 0 Å². The predicted octanol–water partition coefficient (Wildman–Crippen LogP) is 2.81. The number of benzene rings is 1. The number of hydrogen-bond acceptors (Lipinski definition) is 2. The zero-order chi connectivity index (χ0) is 13.0. The minimum atomic E-state index is -0.766. The summed E-state index contributed by atoms with van der Waals surface area (Å²) in [6.07, 6.45) is 1.74. The quantitative estimate of drug-likeness (QED) is 0.894. The molecule has 2 nitrogen and oxygen atoms in total. The van der Waals surface area contributed by atoms with Gasteiger partial charge in [-0.3, -0.25) is 4.21 Å². The van der Waals surface area contributed by atoms with E-state index in [1.54, 1.807) is 6.26 Å². The Bertz CT molecular complexity index is 397. The van der Waals surface area contributed by atoms with Crippen molar-refractivity contribution < 1.29 is 4.21 Å². The number of nitrogens with one attached hydrogen (secondary N) is 1. The van der Waals surface area contributed by atoms with E-state index in [1.807, 2.05) is 19.1 Å². The highest BCUT2D eigenvalue weighted by Crippen LogP contribution is 2.19. The molecule has 2 atom stereocenters. The van der Waals surface area contributed by atoms with Crippen molar-refractivity contribution in [2.45, 2.75) is 32.6 Å². The average molecular weight is 274 g/mol. The summed E-state index contributed by atoms with van der Waals surface area (Å²) in [7, 11) is -0.766. The van der Waals surface area contributed by atoms with Crippen molar-refractivity contribution in [2.75, 3.05) is 12.8 Å². The van der Waals surface area contributed by atoms with E-state index < -0.39 is 10.8 Å². The lowest BCUT2D eigenvalue weighted by Gasteiger charge is -2.14. The summed E-state index contributed by atoms with van der Waals surface area (Å²) in [6, 6.07) is 3.96. The van der Waals surface area contributed by atoms with Gasteiger partial charge in [-0.05, 0) is 49.6 Å². The highest BCUT2D eigenvalue weighted by atomic mass is 35.5. The third-order valence-corrected chi connectivity index (χ3v) is 4.48. The van der Waals surface area contributed by atoms with E-state index in [9.17, 15) is 4.21 Å². The number of rotatable bonds is 5. The van der Waals surface area contributed by atoms with Crippen molar-refractivity contribution in [3.8, 4) is 0 Å². The van der Waals surface area contributed by atoms with E-state index in [0.29, 0.717) is 0 Å². The maximum Gasteiger partial charge on any atom is 0.0441 e. The average Bonchev–Trinajstić information content (AvgIpc) is 2.21. The van der Waals surface area contributed by atoms with Crippen LogP contribution in [-0.4, -0.2) is 22.3 Å². The molecule has 0 aliphatic heterocycles. The fourth-order valence-corrected chi connectivity index (χ4v) is 2.42. The normalized spacial score (nSPS) is 14.6. The van der Waals surface area contributed by atoms with Crippen LogP contribution in [0.15, 0.2) is 12.1 Å². The van der Waals surface area contributed by atoms with Gasteiger partial charge in [0, 0.05) is 40.4 Å². The minimum absolute atomic E-state index is 0.183. The Labute approximate surface area is 111 Å². The molecule has 0 fully saturated rings. The largest absolute Gasteiger partial charge is 0.311 e. The standard InChI is InChI=1S/C13H20ClNOS/c1-9-5-12(14)6-10(2)13(9)8-15-7-11(3)17(4)16/h5-6,11,15H,7-8H2,1-4H3/t11-,17-/m1/s1. The second-order valence-electron chi connectivity index (χ2n) is 4.46. The molecule has 1 aromatic carbocycles. The van der Waals surface area contributed by atoms with Gasteiger partial charge >= 0.3 is 0 Å². The molecule has 0 aliphatic rings. The molecule has 0 radical (unpaired) electrons. The summed E-state index contributed by atoms with van der Waals surface area (Å²) in [5.41, 5.74) is 3.68. The van der Waals surface area contributed by atoms with Gasteiger partial charge in [0.25, 0.3) is 0 Å². The highest BCUT2D eigenvalue weighted by Gasteiger charge is 2.07. The lowest BCUT2D eigenvalue weighted by atomic mass is 10.0. The first-order valence-electron chi connectivity index (χ1n) is 5.70. The van der Waals surface area contributed by atoms with Crippen molar-refractivity contribution in [1.82, 2.24) is 5.32 Å². The molecule has 0 unspecified atom stereocenters. The van der Waals surface area contributed by atoms with E-state index in [2.05, 4.69) is 19.2 Å². The first-order valence-corrected chi connectivity index (χ1v) is 7.70. The first-order chi connectivity index (χ1) is 7.91. The van der Waals surface area contributed by atoms with Crippen LogP contribution < -0.4 is 5.32 Å². The molecular formula is C13H20ClNOS. The molecule has 0 bridgehead atoms. The zero-order valence-electron chi connectivity index (χ0n) is 10.8. The van der Waals surface area contributed by atoms with E-state index in [0.717, 1.165) is 18.1 Å². The van der Waals surface area contributed by atoms with Crippen LogP contribution in [0.5, 0.6) is 0 Å². The van der Waals surface area contributed by atoms with E-state index >= 15 is 0 Å². The Kier molecular flexibility index (Phi) is 5.63. The number of aryl methyl sites for hydroxylation is 2. The fraction of sp³-hybridized carbons (Fsp3) is 0.538. The van der Waals surface area contributed by atoms with Gasteiger partial charge in [-0.2, -0.15) is 0 Å². The molecule has 0 spiro atoms. The lowest BCUT2D eigenvalue weighted by Crippen LogP contribution is -2.27. The molecule has 0 saturated carbocycles. The third-order valence-electron chi connectivity index (χ3n) is 2.96. The van der Waals surface area contributed by atoms with Crippen LogP contribution in [0.2, 0.25) is 5.02 Å². The van der Waals surface area contributed by atoms with Crippen LogP contribution >= 0.6 is 11.6 Å². The van der Waals surface area contributed by atoms with Crippen LogP contribution in [-0.2, 0) is 17.3 Å². The Morgan fingerprint density at radius 1 is 1.35 bits per heavy atom. The van der Waals surface area contributed by atoms with Crippen molar-refractivity contribution >= 4 is 22.4 Å². The molecule has 96 valence electrons. The molecule has 1 rings (SSSR count). The summed E-state index contributed by atoms with van der Waals surface area (Å²) >= 11 is 5.99. The molecule has 0 saturated heterocycles. The Hall–Kier alpha value is -0.380. The third kappa shape index (κ3) is 4.41. The van der Waals surface area contributed by atoms with E-state index in [4.69, 9.17) is 11.6 Å². The van der Waals surface area contributed by atoms with Gasteiger partial charge in [0.2, 0.25) is 0 Å². The van der Waals surface area contributed by atoms with Crippen molar-refractivity contribution in [3.63, 3.8) is 0 Å². The summed E-state index contributed by atoms with van der Waals surface area (Å²) < 4.78 is 11.2. The fourth-order valence-electron chi connectivity index (χ4n) is 1.74. The van der Waals surface area contributed by atoms with E-state index in [-0.39, 0.29) is 5.25 Å². The molecular weight excluding hydrogens is 254 g/mol. The molecule has 1 aromatic rings. The maximum absolute atomic E-state index is 11.2. The molecule has 0 aromatic heterocycles. The SMILES string of the molecule is Cc1cc(Cl)cc(C)c1CNC[C@@H](C)[S@@](C)=O. The van der Waals surface area contributed by atoms with Crippen molar-refractivity contribution in [2.24, 2.45) is 0 Å². The summed E-state index contributed by atoms with van der Waals surface area (Å²) in [5, 5.41) is 4.32. The van der Waals surface area contributed by atoms with Crippen LogP contribution in [0.3, 0.4) is 0 Å². The van der Waals surface area contributed by atoms with Gasteiger partial charge in [0.1, 0.15) is 0 Å². The van der Waals surface area contributed by atoms with E-state index in [1.165, 1.54) is 16.7 Å². The predicted molar refractivity (Wildman–Crippen MR) is 76.2 cm³/mol. The highest BCUT2D eigenvalue weighted by molar-refractivity contribution is 7.84. The zero-order valence-corrected chi connectivity index (χ0v) is 12.4. The van der Waals surface area contributed by atoms with Gasteiger partial charge in [0.15, 0.2) is 0 Å². The molecule has 0 amide bonds. The van der Waals surface area contributed by atoms with Crippen molar-refractivity contribution in [3.05, 3.63) is 33.8 Å². The van der Waals surface area contributed by atoms with Gasteiger partial charge in [-0.1, -0.05) is 11.6 Å². The minimum Gasteiger partial charge on any atom is -0.311 e. The van der Waals surface area contributed by atoms with Crippen LogP contribution in [0.4, 0.5) is 0 Å². The second kappa shape index (κ2) is 6.53. The lowest BCUT2D eigenvalue weighted by molar-refractivity contribution is 0.645. The Morgan fingerprint density at radius 3 is 2.35 bits per heavy atom. The van der Waals surface area contributed by atoms with Gasteiger partial charge < -0.3 is 5.32 Å². The smallest absolute Gasteiger partial charge is 0.0441 e. The summed E-state index contributed by atoms with van der Waals surface area (Å²) in [5.74, 6) is 0. The Morgan fingerprint density at radius 2 is 1.88 bits per heavy atom. The van der Waals surface area contributed by atoms with Crippen LogP contribution in [0.25, 0.3) is 0 Å². The molecule has 4 heteroatoms. The Balaban J connectivity index is 2.61.